The number of halogens is 1. The molecular formula is C10H15ClO2. The molecule has 0 aromatic carbocycles. The molecule has 0 aromatic heterocycles. The highest BCUT2D eigenvalue weighted by molar-refractivity contribution is 6.31. The first-order chi connectivity index (χ1) is 6.20. The highest BCUT2D eigenvalue weighted by Crippen LogP contribution is 2.18. The molecule has 0 saturated heterocycles. The van der Waals surface area contributed by atoms with Gasteiger partial charge in [0.05, 0.1) is 5.38 Å². The molecule has 2 aliphatic rings. The minimum atomic E-state index is -0.153. The smallest absolute Gasteiger partial charge is 0.150 e. The first-order valence-corrected chi connectivity index (χ1v) is 5.32. The van der Waals surface area contributed by atoms with Gasteiger partial charge in [-0.25, -0.2) is 0 Å². The van der Waals surface area contributed by atoms with E-state index in [0.717, 1.165) is 38.5 Å². The summed E-state index contributed by atoms with van der Waals surface area (Å²) >= 11 is 5.51. The molecule has 2 fully saturated rings. The van der Waals surface area contributed by atoms with Gasteiger partial charge < -0.3 is 0 Å². The Morgan fingerprint density at radius 1 is 1.00 bits per heavy atom. The van der Waals surface area contributed by atoms with Crippen LogP contribution in [-0.4, -0.2) is 16.9 Å². The van der Waals surface area contributed by atoms with Gasteiger partial charge in [0.15, 0.2) is 5.78 Å². The van der Waals surface area contributed by atoms with Crippen LogP contribution in [0, 0.1) is 0 Å². The SMILES string of the molecule is O=C1CCCC1.O=C1CCCC1Cl. The zero-order chi connectivity index (χ0) is 9.68. The van der Waals surface area contributed by atoms with Gasteiger partial charge in [0.25, 0.3) is 0 Å². The van der Waals surface area contributed by atoms with Crippen LogP contribution in [0.4, 0.5) is 0 Å². The Labute approximate surface area is 83.6 Å². The number of rotatable bonds is 0. The molecule has 0 aliphatic heterocycles. The molecule has 2 aliphatic carbocycles. The van der Waals surface area contributed by atoms with Crippen LogP contribution in [0.1, 0.15) is 44.9 Å². The quantitative estimate of drug-likeness (QED) is 0.566. The fourth-order valence-corrected chi connectivity index (χ4v) is 1.81. The first-order valence-electron chi connectivity index (χ1n) is 4.88. The van der Waals surface area contributed by atoms with E-state index >= 15 is 0 Å². The summed E-state index contributed by atoms with van der Waals surface area (Å²) in [5.74, 6) is 0.677. The van der Waals surface area contributed by atoms with E-state index in [1.165, 1.54) is 0 Å². The third kappa shape index (κ3) is 3.90. The highest BCUT2D eigenvalue weighted by atomic mass is 35.5. The zero-order valence-corrected chi connectivity index (χ0v) is 8.48. The third-order valence-electron chi connectivity index (χ3n) is 2.39. The Hall–Kier alpha value is -0.370. The van der Waals surface area contributed by atoms with Crippen LogP contribution in [0.3, 0.4) is 0 Å². The number of hydrogen-bond donors (Lipinski definition) is 0. The molecule has 0 spiro atoms. The Bertz CT molecular complexity index is 193. The van der Waals surface area contributed by atoms with Crippen molar-refractivity contribution in [3.8, 4) is 0 Å². The van der Waals surface area contributed by atoms with Gasteiger partial charge in [-0.05, 0) is 25.7 Å². The van der Waals surface area contributed by atoms with Crippen LogP contribution in [-0.2, 0) is 9.59 Å². The summed E-state index contributed by atoms with van der Waals surface area (Å²) in [6.45, 7) is 0. The summed E-state index contributed by atoms with van der Waals surface area (Å²) in [7, 11) is 0. The van der Waals surface area contributed by atoms with Crippen LogP contribution in [0.25, 0.3) is 0 Å². The van der Waals surface area contributed by atoms with E-state index in [2.05, 4.69) is 0 Å². The molecule has 0 N–H and O–H groups in total. The normalized spacial score (nSPS) is 27.3. The van der Waals surface area contributed by atoms with Crippen molar-refractivity contribution >= 4 is 23.2 Å². The topological polar surface area (TPSA) is 34.1 Å². The third-order valence-corrected chi connectivity index (χ3v) is 2.85. The van der Waals surface area contributed by atoms with Crippen LogP contribution in [0.5, 0.6) is 0 Å². The molecule has 0 radical (unpaired) electrons. The van der Waals surface area contributed by atoms with Gasteiger partial charge in [-0.2, -0.15) is 0 Å². The lowest BCUT2D eigenvalue weighted by Gasteiger charge is -1.88. The number of Topliss-reactive ketones (excluding diaryl/α,β-unsaturated/α-hetero) is 2. The van der Waals surface area contributed by atoms with Crippen LogP contribution in [0.2, 0.25) is 0 Å². The molecule has 74 valence electrons. The lowest BCUT2D eigenvalue weighted by molar-refractivity contribution is -0.118. The van der Waals surface area contributed by atoms with Crippen molar-refractivity contribution in [2.24, 2.45) is 0 Å². The van der Waals surface area contributed by atoms with Crippen LogP contribution >= 0.6 is 11.6 Å². The van der Waals surface area contributed by atoms with Crippen molar-refractivity contribution in [2.75, 3.05) is 0 Å². The summed E-state index contributed by atoms with van der Waals surface area (Å²) in [5, 5.41) is -0.153. The monoisotopic (exact) mass is 202 g/mol. The molecule has 2 nitrogen and oxygen atoms in total. The largest absolute Gasteiger partial charge is 0.300 e. The number of carbonyl (C=O) groups excluding carboxylic acids is 2. The molecule has 0 heterocycles. The van der Waals surface area contributed by atoms with E-state index in [1.807, 2.05) is 0 Å². The van der Waals surface area contributed by atoms with Gasteiger partial charge >= 0.3 is 0 Å². The lowest BCUT2D eigenvalue weighted by Crippen LogP contribution is -2.02. The minimum absolute atomic E-state index is 0.153. The van der Waals surface area contributed by atoms with E-state index in [1.54, 1.807) is 0 Å². The Morgan fingerprint density at radius 3 is 1.77 bits per heavy atom. The predicted molar refractivity (Wildman–Crippen MR) is 52.0 cm³/mol. The summed E-state index contributed by atoms with van der Waals surface area (Å²) in [6.07, 6.45) is 6.55. The van der Waals surface area contributed by atoms with Gasteiger partial charge in [0, 0.05) is 19.3 Å². The fraction of sp³-hybridized carbons (Fsp3) is 0.800. The first kappa shape index (κ1) is 10.7. The average Bonchev–Trinajstić information content (AvgIpc) is 2.67. The number of hydrogen-bond acceptors (Lipinski definition) is 2. The summed E-state index contributed by atoms with van der Waals surface area (Å²) < 4.78 is 0. The zero-order valence-electron chi connectivity index (χ0n) is 7.72. The molecule has 0 aromatic rings. The minimum Gasteiger partial charge on any atom is -0.300 e. The van der Waals surface area contributed by atoms with E-state index in [4.69, 9.17) is 11.6 Å². The van der Waals surface area contributed by atoms with E-state index in [0.29, 0.717) is 12.2 Å². The maximum atomic E-state index is 10.4. The van der Waals surface area contributed by atoms with Crippen molar-refractivity contribution in [3.63, 3.8) is 0 Å². The molecule has 2 rings (SSSR count). The van der Waals surface area contributed by atoms with Gasteiger partial charge in [-0.3, -0.25) is 9.59 Å². The standard InChI is InChI=1S/C5H7ClO.C5H8O/c6-4-2-1-3-5(4)7;6-5-3-1-2-4-5/h4H,1-3H2;1-4H2. The van der Waals surface area contributed by atoms with Crippen LogP contribution in [0.15, 0.2) is 0 Å². The average molecular weight is 203 g/mol. The highest BCUT2D eigenvalue weighted by Gasteiger charge is 2.20. The molecule has 3 heteroatoms. The van der Waals surface area contributed by atoms with Gasteiger partial charge in [0.1, 0.15) is 5.78 Å². The number of alkyl halides is 1. The molecule has 0 amide bonds. The molecular weight excluding hydrogens is 188 g/mol. The second-order valence-electron chi connectivity index (χ2n) is 3.57. The Balaban J connectivity index is 0.000000132. The van der Waals surface area contributed by atoms with Gasteiger partial charge in [-0.15, -0.1) is 11.6 Å². The van der Waals surface area contributed by atoms with Crippen molar-refractivity contribution in [2.45, 2.75) is 50.3 Å². The second kappa shape index (κ2) is 5.38. The fourth-order valence-electron chi connectivity index (χ4n) is 1.54. The van der Waals surface area contributed by atoms with E-state index in [-0.39, 0.29) is 11.2 Å². The van der Waals surface area contributed by atoms with Crippen molar-refractivity contribution in [1.29, 1.82) is 0 Å². The molecule has 1 unspecified atom stereocenters. The molecule has 0 bridgehead atoms. The van der Waals surface area contributed by atoms with Crippen molar-refractivity contribution < 1.29 is 9.59 Å². The summed E-state index contributed by atoms with van der Waals surface area (Å²) in [5.41, 5.74) is 0. The lowest BCUT2D eigenvalue weighted by atomic mass is 10.3. The maximum Gasteiger partial charge on any atom is 0.150 e. The maximum absolute atomic E-state index is 10.4. The van der Waals surface area contributed by atoms with E-state index in [9.17, 15) is 9.59 Å². The van der Waals surface area contributed by atoms with Gasteiger partial charge in [-0.1, -0.05) is 0 Å². The van der Waals surface area contributed by atoms with Crippen LogP contribution < -0.4 is 0 Å². The second-order valence-corrected chi connectivity index (χ2v) is 4.10. The van der Waals surface area contributed by atoms with Crippen molar-refractivity contribution in [3.05, 3.63) is 0 Å². The molecule has 1 atom stereocenters. The van der Waals surface area contributed by atoms with E-state index < -0.39 is 0 Å². The van der Waals surface area contributed by atoms with Gasteiger partial charge in [0.2, 0.25) is 0 Å². The Morgan fingerprint density at radius 2 is 1.62 bits per heavy atom. The predicted octanol–water partition coefficient (Wildman–Crippen LogP) is 2.48. The molecule has 2 saturated carbocycles. The Kier molecular flexibility index (Phi) is 4.43. The number of ketones is 2. The summed E-state index contributed by atoms with van der Waals surface area (Å²) in [6, 6.07) is 0. The van der Waals surface area contributed by atoms with Crippen molar-refractivity contribution in [1.82, 2.24) is 0 Å². The molecule has 13 heavy (non-hydrogen) atoms. The number of carbonyl (C=O) groups is 2. The summed E-state index contributed by atoms with van der Waals surface area (Å²) in [4.78, 5) is 20.7.